The summed E-state index contributed by atoms with van der Waals surface area (Å²) >= 11 is 3.94. The third-order valence-corrected chi connectivity index (χ3v) is 6.15. The molecule has 2 heterocycles. The lowest BCUT2D eigenvalue weighted by Crippen LogP contribution is -2.04. The Balaban J connectivity index is 0.000000196. The van der Waals surface area contributed by atoms with Gasteiger partial charge in [0.05, 0.1) is 30.6 Å². The molecule has 0 aliphatic heterocycles. The number of halogens is 8. The largest absolute Gasteiger partial charge is 0.506 e. The van der Waals surface area contributed by atoms with Crippen molar-refractivity contribution in [2.75, 3.05) is 7.11 Å². The number of aromatic nitrogens is 4. The van der Waals surface area contributed by atoms with Gasteiger partial charge >= 0.3 is 12.4 Å². The molecule has 0 aliphatic rings. The Hall–Kier alpha value is -2.50. The highest BCUT2D eigenvalue weighted by Gasteiger charge is 2.33. The molecule has 0 aliphatic carbocycles. The molecule has 4 rings (SSSR count). The number of ether oxygens (including phenoxy) is 1. The lowest BCUT2D eigenvalue weighted by molar-refractivity contribution is -0.138. The van der Waals surface area contributed by atoms with E-state index in [0.717, 1.165) is 33.0 Å². The van der Waals surface area contributed by atoms with Gasteiger partial charge in [-0.3, -0.25) is 0 Å². The van der Waals surface area contributed by atoms with Crippen molar-refractivity contribution in [3.05, 3.63) is 79.5 Å². The molecule has 6 nitrogen and oxygen atoms in total. The smallest absolute Gasteiger partial charge is 0.419 e. The second-order valence-corrected chi connectivity index (χ2v) is 9.07. The lowest BCUT2D eigenvalue weighted by Gasteiger charge is -2.10. The summed E-state index contributed by atoms with van der Waals surface area (Å²) < 4.78 is 83.4. The van der Waals surface area contributed by atoms with Gasteiger partial charge in [-0.1, -0.05) is 12.1 Å². The van der Waals surface area contributed by atoms with Crippen LogP contribution in [0.15, 0.2) is 61.2 Å². The fraction of sp³-hybridized carbons (Fsp3) is 0.143. The van der Waals surface area contributed by atoms with Gasteiger partial charge in [-0.15, -0.1) is 0 Å². The summed E-state index contributed by atoms with van der Waals surface area (Å²) in [5.74, 6) is 0.354. The van der Waals surface area contributed by atoms with Crippen molar-refractivity contribution >= 4 is 45.2 Å². The molecule has 186 valence electrons. The van der Waals surface area contributed by atoms with Crippen LogP contribution in [0.2, 0.25) is 0 Å². The van der Waals surface area contributed by atoms with Crippen LogP contribution >= 0.6 is 45.2 Å². The van der Waals surface area contributed by atoms with Gasteiger partial charge in [0.15, 0.2) is 0 Å². The highest BCUT2D eigenvalue weighted by atomic mass is 127. The number of benzene rings is 2. The zero-order valence-electron chi connectivity index (χ0n) is 17.4. The van der Waals surface area contributed by atoms with Gasteiger partial charge in [0.1, 0.15) is 22.9 Å². The number of phenols is 1. The molecule has 4 aromatic rings. The molecule has 1 N–H and O–H groups in total. The summed E-state index contributed by atoms with van der Waals surface area (Å²) in [6.07, 6.45) is -5.53. The van der Waals surface area contributed by atoms with Crippen LogP contribution in [0.25, 0.3) is 11.4 Å². The first-order chi connectivity index (χ1) is 16.3. The minimum atomic E-state index is -4.44. The van der Waals surface area contributed by atoms with E-state index >= 15 is 0 Å². The number of hydrogen-bond acceptors (Lipinski definition) is 4. The van der Waals surface area contributed by atoms with E-state index in [4.69, 9.17) is 4.74 Å². The van der Waals surface area contributed by atoms with Gasteiger partial charge in [0.2, 0.25) is 0 Å². The molecule has 0 spiro atoms. The van der Waals surface area contributed by atoms with Gasteiger partial charge < -0.3 is 9.84 Å². The molecular weight excluding hydrogens is 708 g/mol. The molecule has 0 unspecified atom stereocenters. The number of rotatable bonds is 3. The van der Waals surface area contributed by atoms with Gasteiger partial charge in [-0.25, -0.2) is 9.36 Å². The number of phenolic OH excluding ortho intramolecular Hbond substituents is 1. The van der Waals surface area contributed by atoms with E-state index in [1.807, 2.05) is 45.2 Å². The van der Waals surface area contributed by atoms with Crippen LogP contribution in [0.3, 0.4) is 0 Å². The normalized spacial score (nSPS) is 11.7. The quantitative estimate of drug-likeness (QED) is 0.189. The maximum atomic E-state index is 12.5. The van der Waals surface area contributed by atoms with E-state index in [0.29, 0.717) is 15.0 Å². The van der Waals surface area contributed by atoms with Crippen LogP contribution < -0.4 is 4.74 Å². The summed E-state index contributed by atoms with van der Waals surface area (Å²) in [6, 6.07) is 9.88. The van der Waals surface area contributed by atoms with Crippen LogP contribution in [0.4, 0.5) is 26.3 Å². The fourth-order valence-electron chi connectivity index (χ4n) is 2.80. The van der Waals surface area contributed by atoms with Crippen molar-refractivity contribution in [1.29, 1.82) is 0 Å². The molecular formula is C21H14F6I2N4O2. The molecule has 0 saturated heterocycles. The first kappa shape index (κ1) is 27.1. The second kappa shape index (κ2) is 10.6. The van der Waals surface area contributed by atoms with Gasteiger partial charge in [-0.05, 0) is 69.4 Å². The first-order valence-electron chi connectivity index (χ1n) is 9.37. The molecule has 0 atom stereocenters. The van der Waals surface area contributed by atoms with Crippen LogP contribution in [-0.4, -0.2) is 31.8 Å². The standard InChI is InChI=1S/C11H8F3IN2O.C10H6F3IN2O/c1-18-9-4-2-3-8(15)10(9)17-6-7(5-16-17)11(12,13)14;11-10(12,13)6-4-15-16(5-6)9-7(14)2-1-3-8(9)17/h2-6H,1H3;1-5,17H. The highest BCUT2D eigenvalue weighted by molar-refractivity contribution is 14.1. The van der Waals surface area contributed by atoms with Crippen LogP contribution in [0, 0.1) is 7.14 Å². The monoisotopic (exact) mass is 722 g/mol. The molecule has 0 saturated carbocycles. The van der Waals surface area contributed by atoms with Crippen LogP contribution in [0.5, 0.6) is 11.5 Å². The van der Waals surface area contributed by atoms with E-state index in [9.17, 15) is 31.4 Å². The minimum absolute atomic E-state index is 0.117. The van der Waals surface area contributed by atoms with E-state index < -0.39 is 23.5 Å². The molecule has 35 heavy (non-hydrogen) atoms. The Morgan fingerprint density at radius 1 is 0.771 bits per heavy atom. The molecule has 0 amide bonds. The average molecular weight is 722 g/mol. The molecule has 2 aromatic carbocycles. The zero-order chi connectivity index (χ0) is 26.0. The van der Waals surface area contributed by atoms with E-state index in [-0.39, 0.29) is 11.4 Å². The SMILES string of the molecule is COc1cccc(I)c1-n1cc(C(F)(F)F)cn1.Oc1cccc(I)c1-n1cc(C(F)(F)F)cn1. The Labute approximate surface area is 221 Å². The number of para-hydroxylation sites is 2. The van der Waals surface area contributed by atoms with Gasteiger partial charge in [-0.2, -0.15) is 36.5 Å². The Morgan fingerprint density at radius 2 is 1.23 bits per heavy atom. The predicted molar refractivity (Wildman–Crippen MR) is 131 cm³/mol. The zero-order valence-corrected chi connectivity index (χ0v) is 21.8. The summed E-state index contributed by atoms with van der Waals surface area (Å²) in [7, 11) is 1.46. The lowest BCUT2D eigenvalue weighted by atomic mass is 10.3. The van der Waals surface area contributed by atoms with Crippen LogP contribution in [0.1, 0.15) is 11.1 Å². The molecule has 0 bridgehead atoms. The van der Waals surface area contributed by atoms with Gasteiger partial charge in [0.25, 0.3) is 0 Å². The summed E-state index contributed by atoms with van der Waals surface area (Å²) in [4.78, 5) is 0. The number of hydrogen-bond donors (Lipinski definition) is 1. The van der Waals surface area contributed by atoms with E-state index in [1.165, 1.54) is 17.9 Å². The fourth-order valence-corrected chi connectivity index (χ4v) is 4.25. The third kappa shape index (κ3) is 6.39. The summed E-state index contributed by atoms with van der Waals surface area (Å²) in [5, 5.41) is 17.0. The minimum Gasteiger partial charge on any atom is -0.506 e. The Bertz CT molecular complexity index is 1300. The maximum Gasteiger partial charge on any atom is 0.419 e. The van der Waals surface area contributed by atoms with Crippen molar-refractivity contribution in [3.8, 4) is 22.9 Å². The van der Waals surface area contributed by atoms with Crippen molar-refractivity contribution in [2.45, 2.75) is 12.4 Å². The Morgan fingerprint density at radius 3 is 1.66 bits per heavy atom. The van der Waals surface area contributed by atoms with E-state index in [1.54, 1.807) is 30.3 Å². The molecule has 2 aromatic heterocycles. The summed E-state index contributed by atoms with van der Waals surface area (Å²) in [6.45, 7) is 0. The molecule has 0 radical (unpaired) electrons. The van der Waals surface area contributed by atoms with Crippen molar-refractivity contribution in [1.82, 2.24) is 19.6 Å². The number of nitrogens with zero attached hydrogens (tertiary/aromatic N) is 4. The van der Waals surface area contributed by atoms with Crippen molar-refractivity contribution < 1.29 is 36.2 Å². The van der Waals surface area contributed by atoms with Crippen LogP contribution in [-0.2, 0) is 12.4 Å². The number of alkyl halides is 6. The number of aromatic hydroxyl groups is 1. The predicted octanol–water partition coefficient (Wildman–Crippen LogP) is 6.71. The second-order valence-electron chi connectivity index (χ2n) is 6.74. The van der Waals surface area contributed by atoms with Crippen molar-refractivity contribution in [2.24, 2.45) is 0 Å². The van der Waals surface area contributed by atoms with E-state index in [2.05, 4.69) is 10.2 Å². The Kier molecular flexibility index (Phi) is 8.23. The average Bonchev–Trinajstić information content (AvgIpc) is 3.44. The topological polar surface area (TPSA) is 65.1 Å². The van der Waals surface area contributed by atoms with Crippen molar-refractivity contribution in [3.63, 3.8) is 0 Å². The molecule has 14 heteroatoms. The number of methoxy groups -OCH3 is 1. The third-order valence-electron chi connectivity index (χ3n) is 4.41. The van der Waals surface area contributed by atoms with Gasteiger partial charge in [0, 0.05) is 19.5 Å². The molecule has 0 fully saturated rings. The maximum absolute atomic E-state index is 12.5. The summed E-state index contributed by atoms with van der Waals surface area (Å²) in [5.41, 5.74) is -0.902. The highest BCUT2D eigenvalue weighted by Crippen LogP contribution is 2.33. The first-order valence-corrected chi connectivity index (χ1v) is 11.5.